The molecule has 0 aliphatic carbocycles. The van der Waals surface area contributed by atoms with Gasteiger partial charge in [0.2, 0.25) is 0 Å². The van der Waals surface area contributed by atoms with Crippen LogP contribution in [0.15, 0.2) is 36.4 Å². The summed E-state index contributed by atoms with van der Waals surface area (Å²) < 4.78 is 5.23. The van der Waals surface area contributed by atoms with Gasteiger partial charge in [0.1, 0.15) is 6.10 Å². The Morgan fingerprint density at radius 1 is 1.43 bits per heavy atom. The van der Waals surface area contributed by atoms with E-state index in [2.05, 4.69) is 0 Å². The van der Waals surface area contributed by atoms with E-state index >= 15 is 0 Å². The molecule has 14 heavy (non-hydrogen) atoms. The summed E-state index contributed by atoms with van der Waals surface area (Å²) >= 11 is 0. The standard InChI is InChI=1S/C12H12O2/c1-2-5-10-8-9-6-3-4-7-11(9)12(13)14-10/h2-7,10H,8H2,1H3/b5-2+. The van der Waals surface area contributed by atoms with Crippen molar-refractivity contribution in [1.82, 2.24) is 0 Å². The largest absolute Gasteiger partial charge is 0.454 e. The van der Waals surface area contributed by atoms with E-state index < -0.39 is 0 Å². The highest BCUT2D eigenvalue weighted by atomic mass is 16.5. The molecule has 0 saturated heterocycles. The molecule has 0 radical (unpaired) electrons. The van der Waals surface area contributed by atoms with E-state index in [-0.39, 0.29) is 12.1 Å². The number of cyclic esters (lactones) is 1. The maximum atomic E-state index is 11.5. The van der Waals surface area contributed by atoms with Crippen molar-refractivity contribution < 1.29 is 9.53 Å². The fourth-order valence-electron chi connectivity index (χ4n) is 1.68. The van der Waals surface area contributed by atoms with Crippen molar-refractivity contribution in [2.45, 2.75) is 19.4 Å². The third kappa shape index (κ3) is 1.55. The number of benzene rings is 1. The first kappa shape index (κ1) is 9.00. The Morgan fingerprint density at radius 3 is 3.00 bits per heavy atom. The second-order valence-corrected chi connectivity index (χ2v) is 3.33. The molecule has 72 valence electrons. The molecule has 0 fully saturated rings. The average Bonchev–Trinajstić information content (AvgIpc) is 2.18. The molecule has 0 bridgehead atoms. The molecule has 0 N–H and O–H groups in total. The van der Waals surface area contributed by atoms with Gasteiger partial charge in [-0.3, -0.25) is 0 Å². The molecule has 2 nitrogen and oxygen atoms in total. The zero-order valence-corrected chi connectivity index (χ0v) is 8.07. The fourth-order valence-corrected chi connectivity index (χ4v) is 1.68. The summed E-state index contributed by atoms with van der Waals surface area (Å²) in [5.41, 5.74) is 1.78. The molecule has 0 amide bonds. The summed E-state index contributed by atoms with van der Waals surface area (Å²) in [6.45, 7) is 1.92. The minimum absolute atomic E-state index is 0.0950. The Labute approximate surface area is 83.2 Å². The van der Waals surface area contributed by atoms with Gasteiger partial charge in [-0.25, -0.2) is 4.79 Å². The van der Waals surface area contributed by atoms with Crippen molar-refractivity contribution in [2.24, 2.45) is 0 Å². The highest BCUT2D eigenvalue weighted by molar-refractivity contribution is 5.92. The summed E-state index contributed by atoms with van der Waals surface area (Å²) in [4.78, 5) is 11.5. The number of carbonyl (C=O) groups excluding carboxylic acids is 1. The Hall–Kier alpha value is -1.57. The number of rotatable bonds is 1. The van der Waals surface area contributed by atoms with E-state index in [0.717, 1.165) is 12.0 Å². The Bertz CT molecular complexity index is 380. The molecule has 1 atom stereocenters. The van der Waals surface area contributed by atoms with Crippen molar-refractivity contribution >= 4 is 5.97 Å². The van der Waals surface area contributed by atoms with Crippen molar-refractivity contribution in [2.75, 3.05) is 0 Å². The number of fused-ring (bicyclic) bond motifs is 1. The van der Waals surface area contributed by atoms with E-state index in [1.54, 1.807) is 0 Å². The highest BCUT2D eigenvalue weighted by Gasteiger charge is 2.23. The molecule has 0 spiro atoms. The van der Waals surface area contributed by atoms with Crippen LogP contribution in [0.5, 0.6) is 0 Å². The van der Waals surface area contributed by atoms with Gasteiger partial charge in [0.05, 0.1) is 5.56 Å². The molecule has 2 rings (SSSR count). The third-order valence-corrected chi connectivity index (χ3v) is 2.32. The van der Waals surface area contributed by atoms with Crippen LogP contribution in [0.4, 0.5) is 0 Å². The maximum Gasteiger partial charge on any atom is 0.339 e. The van der Waals surface area contributed by atoms with Crippen LogP contribution >= 0.6 is 0 Å². The maximum absolute atomic E-state index is 11.5. The topological polar surface area (TPSA) is 26.3 Å². The van der Waals surface area contributed by atoms with Crippen molar-refractivity contribution in [1.29, 1.82) is 0 Å². The number of carbonyl (C=O) groups is 1. The average molecular weight is 188 g/mol. The van der Waals surface area contributed by atoms with Gasteiger partial charge in [0.15, 0.2) is 0 Å². The monoisotopic (exact) mass is 188 g/mol. The van der Waals surface area contributed by atoms with Crippen molar-refractivity contribution in [3.8, 4) is 0 Å². The molecule has 1 unspecified atom stereocenters. The summed E-state index contributed by atoms with van der Waals surface area (Å²) in [6, 6.07) is 7.59. The highest BCUT2D eigenvalue weighted by Crippen LogP contribution is 2.20. The predicted octanol–water partition coefficient (Wildman–Crippen LogP) is 2.34. The van der Waals surface area contributed by atoms with Crippen LogP contribution in [0.2, 0.25) is 0 Å². The molecule has 1 aromatic carbocycles. The normalized spacial score (nSPS) is 20.6. The first-order chi connectivity index (χ1) is 6.81. The quantitative estimate of drug-likeness (QED) is 0.499. The van der Waals surface area contributed by atoms with E-state index in [0.29, 0.717) is 5.56 Å². The minimum Gasteiger partial charge on any atom is -0.454 e. The van der Waals surface area contributed by atoms with Gasteiger partial charge in [-0.15, -0.1) is 0 Å². The van der Waals surface area contributed by atoms with Gasteiger partial charge >= 0.3 is 5.97 Å². The van der Waals surface area contributed by atoms with Crippen molar-refractivity contribution in [3.05, 3.63) is 47.5 Å². The molecule has 0 saturated carbocycles. The molecular weight excluding hydrogens is 176 g/mol. The lowest BCUT2D eigenvalue weighted by Crippen LogP contribution is -2.25. The summed E-state index contributed by atoms with van der Waals surface area (Å²) in [5.74, 6) is -0.213. The molecule has 1 aliphatic rings. The second kappa shape index (κ2) is 3.66. The zero-order chi connectivity index (χ0) is 9.97. The molecule has 1 heterocycles. The van der Waals surface area contributed by atoms with Crippen LogP contribution in [-0.2, 0) is 11.2 Å². The minimum atomic E-state index is -0.213. The van der Waals surface area contributed by atoms with Gasteiger partial charge in [0.25, 0.3) is 0 Å². The van der Waals surface area contributed by atoms with Crippen molar-refractivity contribution in [3.63, 3.8) is 0 Å². The van der Waals surface area contributed by atoms with Crippen LogP contribution in [0, 0.1) is 0 Å². The van der Waals surface area contributed by atoms with E-state index in [1.807, 2.05) is 43.3 Å². The molecular formula is C12H12O2. The lowest BCUT2D eigenvalue weighted by atomic mass is 9.98. The predicted molar refractivity (Wildman–Crippen MR) is 54.2 cm³/mol. The first-order valence-corrected chi connectivity index (χ1v) is 4.73. The van der Waals surface area contributed by atoms with Crippen LogP contribution in [-0.4, -0.2) is 12.1 Å². The Morgan fingerprint density at radius 2 is 2.21 bits per heavy atom. The van der Waals surface area contributed by atoms with E-state index in [9.17, 15) is 4.79 Å². The first-order valence-electron chi connectivity index (χ1n) is 4.73. The lowest BCUT2D eigenvalue weighted by molar-refractivity contribution is 0.0357. The summed E-state index contributed by atoms with van der Waals surface area (Å²) in [6.07, 6.45) is 4.51. The van der Waals surface area contributed by atoms with Gasteiger partial charge in [0, 0.05) is 6.42 Å². The van der Waals surface area contributed by atoms with E-state index in [4.69, 9.17) is 4.74 Å². The van der Waals surface area contributed by atoms with Crippen LogP contribution < -0.4 is 0 Å². The number of hydrogen-bond acceptors (Lipinski definition) is 2. The number of esters is 1. The third-order valence-electron chi connectivity index (χ3n) is 2.32. The smallest absolute Gasteiger partial charge is 0.339 e. The van der Waals surface area contributed by atoms with E-state index in [1.165, 1.54) is 0 Å². The lowest BCUT2D eigenvalue weighted by Gasteiger charge is -2.21. The van der Waals surface area contributed by atoms with Gasteiger partial charge in [-0.05, 0) is 24.6 Å². The summed E-state index contributed by atoms with van der Waals surface area (Å²) in [7, 11) is 0. The number of allylic oxidation sites excluding steroid dienone is 1. The zero-order valence-electron chi connectivity index (χ0n) is 8.07. The molecule has 1 aromatic rings. The molecule has 1 aliphatic heterocycles. The summed E-state index contributed by atoms with van der Waals surface area (Å²) in [5, 5.41) is 0. The second-order valence-electron chi connectivity index (χ2n) is 3.33. The SMILES string of the molecule is C/C=C/C1Cc2ccccc2C(=O)O1. The van der Waals surface area contributed by atoms with Gasteiger partial charge < -0.3 is 4.74 Å². The fraction of sp³-hybridized carbons (Fsp3) is 0.250. The van der Waals surface area contributed by atoms with Crippen LogP contribution in [0.1, 0.15) is 22.8 Å². The molecule has 0 aromatic heterocycles. The van der Waals surface area contributed by atoms with Gasteiger partial charge in [-0.1, -0.05) is 24.3 Å². The van der Waals surface area contributed by atoms with Crippen LogP contribution in [0.3, 0.4) is 0 Å². The van der Waals surface area contributed by atoms with Gasteiger partial charge in [-0.2, -0.15) is 0 Å². The number of hydrogen-bond donors (Lipinski definition) is 0. The molecule has 2 heteroatoms. The Balaban J connectivity index is 2.33. The number of ether oxygens (including phenoxy) is 1. The van der Waals surface area contributed by atoms with Crippen LogP contribution in [0.25, 0.3) is 0 Å². The Kier molecular flexibility index (Phi) is 2.35.